The van der Waals surface area contributed by atoms with Crippen molar-refractivity contribution in [2.75, 3.05) is 18.5 Å². The van der Waals surface area contributed by atoms with Crippen LogP contribution in [0, 0.1) is 5.92 Å². The number of nitrogens with zero attached hydrogens (tertiary/aromatic N) is 4. The summed E-state index contributed by atoms with van der Waals surface area (Å²) in [6.07, 6.45) is 9.25. The molecule has 3 heterocycles. The van der Waals surface area contributed by atoms with Crippen LogP contribution in [0.2, 0.25) is 0 Å². The highest BCUT2D eigenvalue weighted by molar-refractivity contribution is 6.01. The van der Waals surface area contributed by atoms with E-state index >= 15 is 0 Å². The van der Waals surface area contributed by atoms with Crippen molar-refractivity contribution < 1.29 is 4.79 Å². The van der Waals surface area contributed by atoms with Crippen LogP contribution in [0.15, 0.2) is 42.9 Å². The van der Waals surface area contributed by atoms with Gasteiger partial charge in [-0.2, -0.15) is 0 Å². The van der Waals surface area contributed by atoms with Gasteiger partial charge in [-0.1, -0.05) is 12.1 Å². The number of carbonyl (C=O) groups excluding carboxylic acids is 1. The predicted octanol–water partition coefficient (Wildman–Crippen LogP) is 3.48. The Hall–Kier alpha value is -3.68. The minimum Gasteiger partial charge on any atom is -0.383 e. The number of amides is 1. The smallest absolute Gasteiger partial charge is 0.254 e. The van der Waals surface area contributed by atoms with Gasteiger partial charge in [-0.05, 0) is 61.8 Å². The molecule has 164 valence electrons. The maximum atomic E-state index is 11.9. The van der Waals surface area contributed by atoms with Crippen molar-refractivity contribution >= 4 is 39.5 Å². The molecule has 2 atom stereocenters. The number of aromatic nitrogens is 4. The number of nitrogen functional groups attached to an aromatic ring is 2. The molecule has 0 radical (unpaired) electrons. The Morgan fingerprint density at radius 3 is 2.88 bits per heavy atom. The van der Waals surface area contributed by atoms with Gasteiger partial charge in [0.2, 0.25) is 0 Å². The largest absolute Gasteiger partial charge is 0.383 e. The second kappa shape index (κ2) is 8.11. The van der Waals surface area contributed by atoms with Crippen LogP contribution < -0.4 is 16.8 Å². The zero-order valence-electron chi connectivity index (χ0n) is 18.1. The summed E-state index contributed by atoms with van der Waals surface area (Å²) in [7, 11) is 1.59. The molecule has 5 N–H and O–H groups in total. The van der Waals surface area contributed by atoms with Gasteiger partial charge < -0.3 is 21.4 Å². The van der Waals surface area contributed by atoms with E-state index in [9.17, 15) is 4.79 Å². The summed E-state index contributed by atoms with van der Waals surface area (Å²) < 4.78 is 2.26. The molecule has 32 heavy (non-hydrogen) atoms. The molecule has 8 nitrogen and oxygen atoms in total. The van der Waals surface area contributed by atoms with Gasteiger partial charge in [-0.15, -0.1) is 0 Å². The van der Waals surface area contributed by atoms with Crippen molar-refractivity contribution in [2.45, 2.75) is 38.1 Å². The average Bonchev–Trinajstić information content (AvgIpc) is 3.44. The Morgan fingerprint density at radius 1 is 1.16 bits per heavy atom. The number of benzene rings is 1. The van der Waals surface area contributed by atoms with E-state index in [2.05, 4.69) is 43.2 Å². The number of rotatable bonds is 5. The first-order valence-corrected chi connectivity index (χ1v) is 11.0. The number of fused-ring (bicyclic) bond motifs is 2. The number of hydrogen-bond donors (Lipinski definition) is 3. The molecule has 1 amide bonds. The van der Waals surface area contributed by atoms with Crippen LogP contribution in [0.25, 0.3) is 21.9 Å². The number of carbonyl (C=O) groups is 1. The lowest BCUT2D eigenvalue weighted by atomic mass is 9.97. The fourth-order valence-corrected chi connectivity index (χ4v) is 4.92. The predicted molar refractivity (Wildman–Crippen MR) is 126 cm³/mol. The van der Waals surface area contributed by atoms with Crippen molar-refractivity contribution in [2.24, 2.45) is 5.92 Å². The van der Waals surface area contributed by atoms with Gasteiger partial charge in [-0.3, -0.25) is 4.79 Å². The minimum atomic E-state index is -0.221. The molecule has 8 heteroatoms. The molecule has 1 aliphatic rings. The second-order valence-corrected chi connectivity index (χ2v) is 8.62. The molecule has 3 aromatic heterocycles. The SMILES string of the molecule is CNC(=O)c1cc2ccc(CCC3CCC(n4ccc5c(N)ncnc54)C3)cc2nc1N. The topological polar surface area (TPSA) is 125 Å². The summed E-state index contributed by atoms with van der Waals surface area (Å²) in [5.41, 5.74) is 15.4. The van der Waals surface area contributed by atoms with E-state index in [0.717, 1.165) is 47.6 Å². The van der Waals surface area contributed by atoms with E-state index < -0.39 is 0 Å². The van der Waals surface area contributed by atoms with E-state index in [1.807, 2.05) is 12.1 Å². The molecule has 0 spiro atoms. The summed E-state index contributed by atoms with van der Waals surface area (Å²) in [6.45, 7) is 0. The van der Waals surface area contributed by atoms with Gasteiger partial charge in [0.05, 0.1) is 16.5 Å². The number of hydrogen-bond acceptors (Lipinski definition) is 6. The molecule has 1 aliphatic carbocycles. The molecule has 0 aliphatic heterocycles. The van der Waals surface area contributed by atoms with Crippen molar-refractivity contribution in [1.29, 1.82) is 0 Å². The minimum absolute atomic E-state index is 0.221. The molecule has 2 unspecified atom stereocenters. The van der Waals surface area contributed by atoms with Gasteiger partial charge in [-0.25, -0.2) is 15.0 Å². The van der Waals surface area contributed by atoms with Crippen molar-refractivity contribution in [3.8, 4) is 0 Å². The molecule has 1 aromatic carbocycles. The van der Waals surface area contributed by atoms with Crippen molar-refractivity contribution in [3.63, 3.8) is 0 Å². The van der Waals surface area contributed by atoms with Crippen LogP contribution in [0.1, 0.15) is 47.6 Å². The number of anilines is 2. The lowest BCUT2D eigenvalue weighted by molar-refractivity contribution is 0.0964. The number of pyridine rings is 1. The molecule has 4 aromatic rings. The summed E-state index contributed by atoms with van der Waals surface area (Å²) in [6, 6.07) is 10.5. The van der Waals surface area contributed by atoms with Crippen LogP contribution in [0.5, 0.6) is 0 Å². The van der Waals surface area contributed by atoms with Crippen LogP contribution in [0.4, 0.5) is 11.6 Å². The number of aryl methyl sites for hydroxylation is 1. The Morgan fingerprint density at radius 2 is 2.03 bits per heavy atom. The molecule has 0 saturated heterocycles. The maximum Gasteiger partial charge on any atom is 0.254 e. The van der Waals surface area contributed by atoms with E-state index in [1.165, 1.54) is 12.0 Å². The number of nitrogens with one attached hydrogen (secondary N) is 1. The van der Waals surface area contributed by atoms with Crippen molar-refractivity contribution in [1.82, 2.24) is 24.8 Å². The van der Waals surface area contributed by atoms with Gasteiger partial charge in [0.15, 0.2) is 0 Å². The van der Waals surface area contributed by atoms with Crippen LogP contribution >= 0.6 is 0 Å². The zero-order chi connectivity index (χ0) is 22.2. The molecule has 0 bridgehead atoms. The molecule has 1 fully saturated rings. The molecule has 5 rings (SSSR count). The van der Waals surface area contributed by atoms with E-state index in [4.69, 9.17) is 11.5 Å². The molecular formula is C24H27N7O. The average molecular weight is 430 g/mol. The third kappa shape index (κ3) is 3.62. The first-order valence-electron chi connectivity index (χ1n) is 11.0. The lowest BCUT2D eigenvalue weighted by Gasteiger charge is -2.14. The van der Waals surface area contributed by atoms with Gasteiger partial charge in [0.1, 0.15) is 23.6 Å². The highest BCUT2D eigenvalue weighted by Gasteiger charge is 2.27. The van der Waals surface area contributed by atoms with E-state index in [1.54, 1.807) is 19.4 Å². The Bertz CT molecular complexity index is 1310. The van der Waals surface area contributed by atoms with Crippen LogP contribution in [-0.4, -0.2) is 32.5 Å². The fourth-order valence-electron chi connectivity index (χ4n) is 4.92. The third-order valence-electron chi connectivity index (χ3n) is 6.67. The number of nitrogens with two attached hydrogens (primary N) is 2. The van der Waals surface area contributed by atoms with E-state index in [-0.39, 0.29) is 11.7 Å². The third-order valence-corrected chi connectivity index (χ3v) is 6.67. The first kappa shape index (κ1) is 20.2. The quantitative estimate of drug-likeness (QED) is 0.446. The second-order valence-electron chi connectivity index (χ2n) is 8.62. The summed E-state index contributed by atoms with van der Waals surface area (Å²) >= 11 is 0. The summed E-state index contributed by atoms with van der Waals surface area (Å²) in [5.74, 6) is 1.25. The fraction of sp³-hybridized carbons (Fsp3) is 0.333. The Labute approximate surface area is 186 Å². The standard InChI is InChI=1S/C24H27N7O/c1-27-24(32)19-12-16-6-4-15(11-20(16)30-22(19)26)3-2-14-5-7-17(10-14)31-9-8-18-21(25)28-13-29-23(18)31/h4,6,8-9,11-14,17H,2-3,5,7,10H2,1H3,(H2,26,30)(H,27,32)(H2,25,28,29). The maximum absolute atomic E-state index is 11.9. The molecular weight excluding hydrogens is 402 g/mol. The zero-order valence-corrected chi connectivity index (χ0v) is 18.1. The Kier molecular flexibility index (Phi) is 5.13. The van der Waals surface area contributed by atoms with Crippen LogP contribution in [-0.2, 0) is 6.42 Å². The van der Waals surface area contributed by atoms with Gasteiger partial charge >= 0.3 is 0 Å². The van der Waals surface area contributed by atoms with Crippen molar-refractivity contribution in [3.05, 3.63) is 54.0 Å². The summed E-state index contributed by atoms with van der Waals surface area (Å²) in [5, 5.41) is 4.45. The normalized spacial score (nSPS) is 18.4. The molecule has 1 saturated carbocycles. The van der Waals surface area contributed by atoms with Gasteiger partial charge in [0, 0.05) is 24.7 Å². The lowest BCUT2D eigenvalue weighted by Crippen LogP contribution is -2.19. The first-order chi connectivity index (χ1) is 15.5. The van der Waals surface area contributed by atoms with E-state index in [0.29, 0.717) is 23.3 Å². The van der Waals surface area contributed by atoms with Gasteiger partial charge in [0.25, 0.3) is 5.91 Å². The highest BCUT2D eigenvalue weighted by Crippen LogP contribution is 2.39. The summed E-state index contributed by atoms with van der Waals surface area (Å²) in [4.78, 5) is 25.0. The highest BCUT2D eigenvalue weighted by atomic mass is 16.1. The van der Waals surface area contributed by atoms with Crippen LogP contribution in [0.3, 0.4) is 0 Å². The Balaban J connectivity index is 1.27. The monoisotopic (exact) mass is 429 g/mol.